The van der Waals surface area contributed by atoms with Gasteiger partial charge in [0.05, 0.1) is 5.69 Å². The number of aromatic nitrogens is 2. The van der Waals surface area contributed by atoms with E-state index in [2.05, 4.69) is 21.9 Å². The van der Waals surface area contributed by atoms with Gasteiger partial charge in [-0.05, 0) is 64.2 Å². The second-order valence-corrected chi connectivity index (χ2v) is 7.76. The van der Waals surface area contributed by atoms with Gasteiger partial charge in [-0.1, -0.05) is 0 Å². The maximum atomic E-state index is 12.1. The van der Waals surface area contributed by atoms with Crippen molar-refractivity contribution in [2.75, 3.05) is 26.7 Å². The first-order valence-corrected chi connectivity index (χ1v) is 8.74. The highest BCUT2D eigenvalue weighted by Crippen LogP contribution is 2.20. The van der Waals surface area contributed by atoms with E-state index < -0.39 is 5.60 Å². The second kappa shape index (κ2) is 8.12. The molecular weight excluding hydrogens is 328 g/mol. The molecule has 0 bridgehead atoms. The molecule has 1 fully saturated rings. The average molecular weight is 355 g/mol. The zero-order valence-electron chi connectivity index (χ0n) is 15.0. The Morgan fingerprint density at radius 3 is 2.67 bits per heavy atom. The lowest BCUT2D eigenvalue weighted by Gasteiger charge is -2.34. The fraction of sp³-hybridized carbons (Fsp3) is 0.706. The highest BCUT2D eigenvalue weighted by molar-refractivity contribution is 6.28. The van der Waals surface area contributed by atoms with Gasteiger partial charge in [-0.2, -0.15) is 0 Å². The van der Waals surface area contributed by atoms with E-state index in [1.165, 1.54) is 0 Å². The van der Waals surface area contributed by atoms with E-state index in [0.29, 0.717) is 5.92 Å². The van der Waals surface area contributed by atoms with E-state index in [1.807, 2.05) is 31.7 Å². The van der Waals surface area contributed by atoms with Gasteiger partial charge in [0.1, 0.15) is 5.60 Å². The molecular formula is C17H27ClN4O2. The second-order valence-electron chi connectivity index (χ2n) is 7.42. The van der Waals surface area contributed by atoms with Crippen LogP contribution in [0.25, 0.3) is 0 Å². The number of rotatable bonds is 4. The monoisotopic (exact) mass is 354 g/mol. The smallest absolute Gasteiger partial charge is 0.410 e. The highest BCUT2D eigenvalue weighted by Gasteiger charge is 2.27. The molecule has 134 valence electrons. The van der Waals surface area contributed by atoms with E-state index >= 15 is 0 Å². The van der Waals surface area contributed by atoms with E-state index in [9.17, 15) is 4.79 Å². The highest BCUT2D eigenvalue weighted by atomic mass is 35.5. The number of carbonyl (C=O) groups excluding carboxylic acids is 1. The minimum Gasteiger partial charge on any atom is -0.444 e. The van der Waals surface area contributed by atoms with Crippen LogP contribution in [0.2, 0.25) is 5.28 Å². The molecule has 0 atom stereocenters. The van der Waals surface area contributed by atoms with Crippen LogP contribution in [0.15, 0.2) is 12.3 Å². The number of ether oxygens (including phenoxy) is 1. The number of nitrogens with zero attached hydrogens (tertiary/aromatic N) is 4. The van der Waals surface area contributed by atoms with E-state index in [0.717, 1.165) is 44.7 Å². The molecule has 1 aliphatic heterocycles. The summed E-state index contributed by atoms with van der Waals surface area (Å²) in [6, 6.07) is 1.88. The maximum absolute atomic E-state index is 12.1. The summed E-state index contributed by atoms with van der Waals surface area (Å²) in [6.45, 7) is 8.92. The van der Waals surface area contributed by atoms with Crippen molar-refractivity contribution >= 4 is 17.7 Å². The Balaban J connectivity index is 1.75. The molecule has 0 radical (unpaired) electrons. The molecule has 0 spiro atoms. The molecule has 1 amide bonds. The zero-order chi connectivity index (χ0) is 17.7. The number of piperidine rings is 1. The zero-order valence-corrected chi connectivity index (χ0v) is 15.7. The summed E-state index contributed by atoms with van der Waals surface area (Å²) < 4.78 is 5.43. The number of hydrogen-bond acceptors (Lipinski definition) is 5. The minimum absolute atomic E-state index is 0.204. The third-order valence-electron chi connectivity index (χ3n) is 3.95. The molecule has 0 aliphatic carbocycles. The average Bonchev–Trinajstić information content (AvgIpc) is 2.46. The molecule has 1 aromatic rings. The topological polar surface area (TPSA) is 58.6 Å². The predicted molar refractivity (Wildman–Crippen MR) is 93.9 cm³/mol. The van der Waals surface area contributed by atoms with Crippen molar-refractivity contribution in [2.45, 2.75) is 45.8 Å². The van der Waals surface area contributed by atoms with Gasteiger partial charge in [0.25, 0.3) is 0 Å². The van der Waals surface area contributed by atoms with Crippen molar-refractivity contribution in [3.8, 4) is 0 Å². The van der Waals surface area contributed by atoms with Crippen LogP contribution in [0, 0.1) is 5.92 Å². The fourth-order valence-corrected chi connectivity index (χ4v) is 3.03. The van der Waals surface area contributed by atoms with Crippen LogP contribution in [-0.2, 0) is 11.3 Å². The van der Waals surface area contributed by atoms with Crippen molar-refractivity contribution in [3.63, 3.8) is 0 Å². The molecule has 2 rings (SSSR count). The molecule has 0 unspecified atom stereocenters. The quantitative estimate of drug-likeness (QED) is 0.777. The minimum atomic E-state index is -0.438. The van der Waals surface area contributed by atoms with E-state index in [-0.39, 0.29) is 11.4 Å². The van der Waals surface area contributed by atoms with Crippen molar-refractivity contribution in [3.05, 3.63) is 23.2 Å². The summed E-state index contributed by atoms with van der Waals surface area (Å²) in [6.07, 6.45) is 3.46. The van der Waals surface area contributed by atoms with Crippen molar-refractivity contribution in [1.29, 1.82) is 0 Å². The van der Waals surface area contributed by atoms with Crippen molar-refractivity contribution < 1.29 is 9.53 Å². The van der Waals surface area contributed by atoms with Gasteiger partial charge < -0.3 is 14.5 Å². The van der Waals surface area contributed by atoms with Crippen LogP contribution in [0.1, 0.15) is 39.3 Å². The lowest BCUT2D eigenvalue weighted by Crippen LogP contribution is -2.43. The molecule has 24 heavy (non-hydrogen) atoms. The molecule has 1 aromatic heterocycles. The van der Waals surface area contributed by atoms with Crippen molar-refractivity contribution in [2.24, 2.45) is 5.92 Å². The van der Waals surface area contributed by atoms with Crippen LogP contribution in [0.4, 0.5) is 4.79 Å². The van der Waals surface area contributed by atoms with Gasteiger partial charge in [0.2, 0.25) is 5.28 Å². The fourth-order valence-electron chi connectivity index (χ4n) is 2.86. The van der Waals surface area contributed by atoms with E-state index in [4.69, 9.17) is 16.3 Å². The van der Waals surface area contributed by atoms with Gasteiger partial charge in [-0.3, -0.25) is 0 Å². The van der Waals surface area contributed by atoms with Crippen LogP contribution < -0.4 is 0 Å². The molecule has 1 saturated heterocycles. The van der Waals surface area contributed by atoms with Crippen LogP contribution in [0.5, 0.6) is 0 Å². The Hall–Kier alpha value is -1.40. The summed E-state index contributed by atoms with van der Waals surface area (Å²) in [7, 11) is 2.08. The van der Waals surface area contributed by atoms with Gasteiger partial charge in [-0.15, -0.1) is 0 Å². The lowest BCUT2D eigenvalue weighted by molar-refractivity contribution is 0.0172. The summed E-state index contributed by atoms with van der Waals surface area (Å²) in [4.78, 5) is 24.3. The Morgan fingerprint density at radius 2 is 2.08 bits per heavy atom. The van der Waals surface area contributed by atoms with Crippen LogP contribution in [-0.4, -0.2) is 58.1 Å². The van der Waals surface area contributed by atoms with Gasteiger partial charge in [-0.25, -0.2) is 14.8 Å². The number of likely N-dealkylation sites (tertiary alicyclic amines) is 1. The molecule has 0 aromatic carbocycles. The standard InChI is InChI=1S/C17H27ClN4O2/c1-17(2,3)24-16(23)22-9-6-13(7-10-22)11-21(4)12-14-5-8-19-15(18)20-14/h5,8,13H,6-7,9-12H2,1-4H3. The molecule has 2 heterocycles. The third kappa shape index (κ3) is 6.24. The number of carbonyl (C=O) groups is 1. The van der Waals surface area contributed by atoms with Crippen LogP contribution in [0.3, 0.4) is 0 Å². The van der Waals surface area contributed by atoms with Gasteiger partial charge >= 0.3 is 6.09 Å². The Morgan fingerprint density at radius 1 is 1.42 bits per heavy atom. The number of amides is 1. The van der Waals surface area contributed by atoms with E-state index in [1.54, 1.807) is 6.20 Å². The number of hydrogen-bond donors (Lipinski definition) is 0. The largest absolute Gasteiger partial charge is 0.444 e. The number of halogens is 1. The molecule has 1 aliphatic rings. The summed E-state index contributed by atoms with van der Waals surface area (Å²) in [5, 5.41) is 0.284. The molecule has 0 N–H and O–H groups in total. The SMILES string of the molecule is CN(Cc1ccnc(Cl)n1)CC1CCN(C(=O)OC(C)(C)C)CC1. The van der Waals surface area contributed by atoms with Crippen LogP contribution >= 0.6 is 11.6 Å². The Labute approximate surface area is 149 Å². The normalized spacial score (nSPS) is 16.5. The first-order valence-electron chi connectivity index (χ1n) is 8.37. The lowest BCUT2D eigenvalue weighted by atomic mass is 9.96. The first kappa shape index (κ1) is 18.9. The molecule has 7 heteroatoms. The predicted octanol–water partition coefficient (Wildman–Crippen LogP) is 3.21. The summed E-state index contributed by atoms with van der Waals surface area (Å²) in [5.41, 5.74) is 0.483. The first-order chi connectivity index (χ1) is 11.2. The Bertz CT molecular complexity index is 554. The molecule has 0 saturated carbocycles. The third-order valence-corrected chi connectivity index (χ3v) is 4.13. The molecule has 6 nitrogen and oxygen atoms in total. The summed E-state index contributed by atoms with van der Waals surface area (Å²) in [5.74, 6) is 0.575. The Kier molecular flexibility index (Phi) is 6.40. The van der Waals surface area contributed by atoms with Gasteiger partial charge in [0, 0.05) is 32.4 Å². The van der Waals surface area contributed by atoms with Crippen molar-refractivity contribution in [1.82, 2.24) is 19.8 Å². The van der Waals surface area contributed by atoms with Gasteiger partial charge in [0.15, 0.2) is 0 Å². The summed E-state index contributed by atoms with van der Waals surface area (Å²) >= 11 is 5.82. The maximum Gasteiger partial charge on any atom is 0.410 e.